The molecular weight excluding hydrogens is 613 g/mol. The number of urea groups is 1. The van der Waals surface area contributed by atoms with E-state index in [4.69, 9.17) is 24.2 Å². The van der Waals surface area contributed by atoms with Crippen molar-refractivity contribution >= 4 is 28.9 Å². The Labute approximate surface area is 281 Å². The third kappa shape index (κ3) is 8.33. The van der Waals surface area contributed by atoms with Crippen molar-refractivity contribution in [1.29, 1.82) is 0 Å². The van der Waals surface area contributed by atoms with Gasteiger partial charge in [0.2, 0.25) is 0 Å². The Balaban J connectivity index is 1.30. The molecular formula is C36H44N6O4S. The maximum Gasteiger partial charge on any atom is 0.322 e. The first-order valence-corrected chi connectivity index (χ1v) is 17.2. The predicted octanol–water partition coefficient (Wildman–Crippen LogP) is 7.08. The van der Waals surface area contributed by atoms with Crippen LogP contribution in [0.2, 0.25) is 0 Å². The lowest BCUT2D eigenvalue weighted by molar-refractivity contribution is 0.202. The summed E-state index contributed by atoms with van der Waals surface area (Å²) in [5.74, 6) is 2.22. The standard InChI is InChI=1S/C36H44N6O4S/c1-4-5-20-46-35-37-32-25-42(24-31-17-16-30(47-31)23-40-18-6-7-19-40)36(43)38-33(32)34(39-35)41(21-26-8-12-28(44-2)13-9-26)22-27-10-14-29(45-3)15-11-27/h8-17H,4-7,18-25H2,1-3H3,(H,38,43). The number of anilines is 2. The summed E-state index contributed by atoms with van der Waals surface area (Å²) in [5, 5.41) is 3.17. The lowest BCUT2D eigenvalue weighted by Crippen LogP contribution is -2.39. The summed E-state index contributed by atoms with van der Waals surface area (Å²) in [5.41, 5.74) is 3.51. The summed E-state index contributed by atoms with van der Waals surface area (Å²) in [4.78, 5) is 32.4. The van der Waals surface area contributed by atoms with Crippen molar-refractivity contribution in [2.45, 2.75) is 65.3 Å². The summed E-state index contributed by atoms with van der Waals surface area (Å²) < 4.78 is 16.9. The first-order chi connectivity index (χ1) is 23.0. The molecule has 0 unspecified atom stereocenters. The Hall–Kier alpha value is -4.35. The van der Waals surface area contributed by atoms with Crippen molar-refractivity contribution in [1.82, 2.24) is 19.8 Å². The van der Waals surface area contributed by atoms with Gasteiger partial charge in [-0.1, -0.05) is 37.6 Å². The summed E-state index contributed by atoms with van der Waals surface area (Å²) in [6.07, 6.45) is 4.45. The third-order valence-corrected chi connectivity index (χ3v) is 9.59. The predicted molar refractivity (Wildman–Crippen MR) is 185 cm³/mol. The summed E-state index contributed by atoms with van der Waals surface area (Å²) in [6, 6.07) is 20.5. The van der Waals surface area contributed by atoms with E-state index in [-0.39, 0.29) is 6.03 Å². The number of nitrogens with one attached hydrogen (secondary N) is 1. The van der Waals surface area contributed by atoms with E-state index in [0.29, 0.717) is 50.3 Å². The maximum absolute atomic E-state index is 13.7. The molecule has 4 aromatic rings. The number of methoxy groups -OCH3 is 2. The van der Waals surface area contributed by atoms with Crippen LogP contribution in [0.1, 0.15) is 59.2 Å². The van der Waals surface area contributed by atoms with Gasteiger partial charge in [0.1, 0.15) is 17.2 Å². The van der Waals surface area contributed by atoms with Crippen LogP contribution >= 0.6 is 11.3 Å². The number of carbonyl (C=O) groups is 1. The van der Waals surface area contributed by atoms with Crippen LogP contribution in [-0.4, -0.2) is 59.7 Å². The van der Waals surface area contributed by atoms with Crippen LogP contribution in [0.5, 0.6) is 17.5 Å². The SMILES string of the molecule is CCCCOc1nc2c(c(N(Cc3ccc(OC)cc3)Cc3ccc(OC)cc3)n1)NC(=O)N(Cc1ccc(CN3CCCC3)s1)C2. The van der Waals surface area contributed by atoms with Crippen molar-refractivity contribution in [3.8, 4) is 17.5 Å². The number of carbonyl (C=O) groups excluding carboxylic acids is 1. The lowest BCUT2D eigenvalue weighted by Gasteiger charge is -2.33. The highest BCUT2D eigenvalue weighted by molar-refractivity contribution is 7.11. The van der Waals surface area contributed by atoms with E-state index >= 15 is 0 Å². The molecule has 47 heavy (non-hydrogen) atoms. The first-order valence-electron chi connectivity index (χ1n) is 16.4. The fourth-order valence-electron chi connectivity index (χ4n) is 5.93. The molecule has 2 aliphatic heterocycles. The van der Waals surface area contributed by atoms with Gasteiger partial charge in [-0.2, -0.15) is 9.97 Å². The monoisotopic (exact) mass is 656 g/mol. The molecule has 2 aromatic heterocycles. The third-order valence-electron chi connectivity index (χ3n) is 8.54. The van der Waals surface area contributed by atoms with Gasteiger partial charge in [-0.05, 0) is 79.9 Å². The number of ether oxygens (including phenoxy) is 3. The van der Waals surface area contributed by atoms with Crippen LogP contribution in [-0.2, 0) is 32.7 Å². The van der Waals surface area contributed by atoms with Crippen molar-refractivity contribution in [3.05, 3.63) is 87.2 Å². The summed E-state index contributed by atoms with van der Waals surface area (Å²) in [7, 11) is 3.33. The van der Waals surface area contributed by atoms with Gasteiger partial charge in [0, 0.05) is 29.4 Å². The molecule has 1 N–H and O–H groups in total. The second-order valence-electron chi connectivity index (χ2n) is 12.0. The van der Waals surface area contributed by atoms with E-state index in [9.17, 15) is 4.79 Å². The molecule has 1 saturated heterocycles. The van der Waals surface area contributed by atoms with Crippen LogP contribution in [0.15, 0.2) is 60.7 Å². The Bertz CT molecular complexity index is 1570. The average Bonchev–Trinajstić information content (AvgIpc) is 3.78. The van der Waals surface area contributed by atoms with Crippen LogP contribution in [0, 0.1) is 0 Å². The van der Waals surface area contributed by atoms with Crippen molar-refractivity contribution in [3.63, 3.8) is 0 Å². The molecule has 2 amide bonds. The molecule has 1 fully saturated rings. The molecule has 6 rings (SSSR count). The molecule has 0 spiro atoms. The maximum atomic E-state index is 13.7. The quantitative estimate of drug-likeness (QED) is 0.136. The smallest absolute Gasteiger partial charge is 0.322 e. The molecule has 0 aliphatic carbocycles. The molecule has 11 heteroatoms. The van der Waals surface area contributed by atoms with E-state index in [1.54, 1.807) is 25.6 Å². The number of fused-ring (bicyclic) bond motifs is 1. The molecule has 0 atom stereocenters. The number of nitrogens with zero attached hydrogens (tertiary/aromatic N) is 5. The number of hydrogen-bond acceptors (Lipinski definition) is 9. The number of likely N-dealkylation sites (tertiary alicyclic amines) is 1. The van der Waals surface area contributed by atoms with Crippen LogP contribution < -0.4 is 24.4 Å². The summed E-state index contributed by atoms with van der Waals surface area (Å²) in [6.45, 7) is 7.92. The molecule has 2 aliphatic rings. The van der Waals surface area contributed by atoms with Crippen molar-refractivity contribution in [2.24, 2.45) is 0 Å². The largest absolute Gasteiger partial charge is 0.497 e. The highest BCUT2D eigenvalue weighted by Crippen LogP contribution is 2.36. The van der Waals surface area contributed by atoms with E-state index in [1.807, 2.05) is 53.4 Å². The van der Waals surface area contributed by atoms with Crippen LogP contribution in [0.4, 0.5) is 16.3 Å². The van der Waals surface area contributed by atoms with Gasteiger partial charge < -0.3 is 29.3 Å². The van der Waals surface area contributed by atoms with Gasteiger partial charge in [0.25, 0.3) is 0 Å². The Morgan fingerprint density at radius 1 is 0.851 bits per heavy atom. The Morgan fingerprint density at radius 2 is 1.47 bits per heavy atom. The fraction of sp³-hybridized carbons (Fsp3) is 0.417. The molecule has 4 heterocycles. The van der Waals surface area contributed by atoms with Gasteiger partial charge in [-0.3, -0.25) is 4.90 Å². The average molecular weight is 657 g/mol. The molecule has 0 saturated carbocycles. The molecule has 10 nitrogen and oxygen atoms in total. The van der Waals surface area contributed by atoms with E-state index in [0.717, 1.165) is 65.7 Å². The molecule has 0 radical (unpaired) electrons. The Morgan fingerprint density at radius 3 is 2.06 bits per heavy atom. The second-order valence-corrected chi connectivity index (χ2v) is 13.3. The van der Waals surface area contributed by atoms with E-state index < -0.39 is 0 Å². The Kier molecular flexibility index (Phi) is 10.7. The topological polar surface area (TPSA) is 92.3 Å². The number of hydrogen-bond donors (Lipinski definition) is 1. The second kappa shape index (κ2) is 15.5. The van der Waals surface area contributed by atoms with Crippen LogP contribution in [0.3, 0.4) is 0 Å². The minimum Gasteiger partial charge on any atom is -0.497 e. The van der Waals surface area contributed by atoms with Crippen molar-refractivity contribution < 1.29 is 19.0 Å². The molecule has 248 valence electrons. The zero-order chi connectivity index (χ0) is 32.6. The van der Waals surface area contributed by atoms with E-state index in [1.165, 1.54) is 17.7 Å². The molecule has 0 bridgehead atoms. The van der Waals surface area contributed by atoms with Gasteiger partial charge in [0.05, 0.1) is 39.6 Å². The van der Waals surface area contributed by atoms with Gasteiger partial charge in [-0.25, -0.2) is 4.79 Å². The number of unbranched alkanes of at least 4 members (excludes halogenated alkanes) is 1. The number of thiophene rings is 1. The van der Waals surface area contributed by atoms with Gasteiger partial charge in [0.15, 0.2) is 5.82 Å². The number of benzene rings is 2. The highest BCUT2D eigenvalue weighted by Gasteiger charge is 2.30. The van der Waals surface area contributed by atoms with Crippen LogP contribution in [0.25, 0.3) is 0 Å². The zero-order valence-electron chi connectivity index (χ0n) is 27.5. The van der Waals surface area contributed by atoms with Crippen molar-refractivity contribution in [2.75, 3.05) is 44.1 Å². The highest BCUT2D eigenvalue weighted by atomic mass is 32.1. The number of aromatic nitrogens is 2. The minimum atomic E-state index is -0.162. The zero-order valence-corrected chi connectivity index (χ0v) is 28.4. The first kappa shape index (κ1) is 32.6. The lowest BCUT2D eigenvalue weighted by atomic mass is 10.1. The minimum absolute atomic E-state index is 0.162. The normalized spacial score (nSPS) is 14.5. The fourth-order valence-corrected chi connectivity index (χ4v) is 7.01. The number of rotatable bonds is 15. The van der Waals surface area contributed by atoms with Gasteiger partial charge >= 0.3 is 12.0 Å². The van der Waals surface area contributed by atoms with Gasteiger partial charge in [-0.15, -0.1) is 11.3 Å². The summed E-state index contributed by atoms with van der Waals surface area (Å²) >= 11 is 1.78. The molecule has 2 aromatic carbocycles. The van der Waals surface area contributed by atoms with E-state index in [2.05, 4.69) is 34.2 Å². The number of amides is 2.